The Morgan fingerprint density at radius 3 is 2.65 bits per heavy atom. The van der Waals surface area contributed by atoms with Crippen molar-refractivity contribution in [3.63, 3.8) is 0 Å². The summed E-state index contributed by atoms with van der Waals surface area (Å²) >= 11 is 0. The quantitative estimate of drug-likeness (QED) is 0.815. The maximum absolute atomic E-state index is 6.07. The van der Waals surface area contributed by atoms with Crippen LogP contribution in [-0.2, 0) is 4.74 Å². The lowest BCUT2D eigenvalue weighted by atomic mass is 9.62. The predicted octanol–water partition coefficient (Wildman–Crippen LogP) is 1.86. The minimum Gasteiger partial charge on any atom is -0.380 e. The van der Waals surface area contributed by atoms with Gasteiger partial charge in [-0.1, -0.05) is 13.8 Å². The van der Waals surface area contributed by atoms with E-state index in [0.717, 1.165) is 24.9 Å². The molecule has 17 heavy (non-hydrogen) atoms. The molecule has 1 aliphatic carbocycles. The van der Waals surface area contributed by atoms with Crippen LogP contribution in [0, 0.1) is 11.8 Å². The third kappa shape index (κ3) is 2.51. The Bertz CT molecular complexity index is 249. The van der Waals surface area contributed by atoms with Gasteiger partial charge >= 0.3 is 0 Å². The lowest BCUT2D eigenvalue weighted by Crippen LogP contribution is -2.65. The number of ether oxygens (including phenoxy) is 1. The summed E-state index contributed by atoms with van der Waals surface area (Å²) in [7, 11) is 1.83. The van der Waals surface area contributed by atoms with Gasteiger partial charge in [0.15, 0.2) is 0 Å². The van der Waals surface area contributed by atoms with E-state index in [0.29, 0.717) is 11.6 Å². The van der Waals surface area contributed by atoms with E-state index in [1.807, 2.05) is 7.11 Å². The topological polar surface area (TPSA) is 38.5 Å². The highest BCUT2D eigenvalue weighted by atomic mass is 16.5. The Labute approximate surface area is 106 Å². The number of hydrogen-bond donors (Lipinski definition) is 1. The van der Waals surface area contributed by atoms with Crippen molar-refractivity contribution in [1.82, 2.24) is 4.90 Å². The second-order valence-corrected chi connectivity index (χ2v) is 6.29. The van der Waals surface area contributed by atoms with E-state index in [4.69, 9.17) is 10.5 Å². The summed E-state index contributed by atoms with van der Waals surface area (Å²) in [5, 5.41) is 0. The molecule has 1 atom stereocenters. The Kier molecular flexibility index (Phi) is 4.11. The van der Waals surface area contributed by atoms with Crippen molar-refractivity contribution < 1.29 is 4.74 Å². The molecule has 2 N–H and O–H groups in total. The molecule has 2 aliphatic rings. The normalized spacial score (nSPS) is 39.4. The molecule has 1 unspecified atom stereocenters. The number of piperidine rings is 1. The van der Waals surface area contributed by atoms with E-state index in [2.05, 4.69) is 18.7 Å². The highest BCUT2D eigenvalue weighted by Crippen LogP contribution is 2.46. The van der Waals surface area contributed by atoms with Gasteiger partial charge in [-0.25, -0.2) is 0 Å². The van der Waals surface area contributed by atoms with Crippen molar-refractivity contribution in [2.45, 2.75) is 51.2 Å². The van der Waals surface area contributed by atoms with E-state index in [9.17, 15) is 0 Å². The van der Waals surface area contributed by atoms with Gasteiger partial charge in [-0.2, -0.15) is 0 Å². The molecule has 0 aromatic carbocycles. The lowest BCUT2D eigenvalue weighted by Gasteiger charge is -2.57. The number of likely N-dealkylation sites (tertiary alicyclic amines) is 1. The molecule has 1 saturated carbocycles. The molecule has 100 valence electrons. The second-order valence-electron chi connectivity index (χ2n) is 6.29. The van der Waals surface area contributed by atoms with Crippen molar-refractivity contribution in [1.29, 1.82) is 0 Å². The summed E-state index contributed by atoms with van der Waals surface area (Å²) in [6, 6.07) is 0. The van der Waals surface area contributed by atoms with E-state index in [1.165, 1.54) is 32.2 Å². The molecule has 0 aromatic heterocycles. The van der Waals surface area contributed by atoms with Crippen LogP contribution in [0.4, 0.5) is 0 Å². The molecule has 3 nitrogen and oxygen atoms in total. The van der Waals surface area contributed by atoms with Crippen LogP contribution >= 0.6 is 0 Å². The Hall–Kier alpha value is -0.120. The summed E-state index contributed by atoms with van der Waals surface area (Å²) in [6.07, 6.45) is 5.47. The fourth-order valence-corrected chi connectivity index (χ4v) is 3.50. The van der Waals surface area contributed by atoms with Gasteiger partial charge in [0.25, 0.3) is 0 Å². The Morgan fingerprint density at radius 1 is 1.41 bits per heavy atom. The summed E-state index contributed by atoms with van der Waals surface area (Å²) in [4.78, 5) is 2.61. The van der Waals surface area contributed by atoms with Gasteiger partial charge in [0.2, 0.25) is 0 Å². The smallest absolute Gasteiger partial charge is 0.0698 e. The van der Waals surface area contributed by atoms with Gasteiger partial charge in [-0.15, -0.1) is 0 Å². The number of rotatable bonds is 4. The van der Waals surface area contributed by atoms with Gasteiger partial charge in [0.1, 0.15) is 0 Å². The highest BCUT2D eigenvalue weighted by molar-refractivity contribution is 5.05. The first-order valence-corrected chi connectivity index (χ1v) is 7.09. The molecular formula is C14H28N2O. The van der Waals surface area contributed by atoms with Crippen LogP contribution < -0.4 is 5.73 Å². The molecule has 0 aromatic rings. The molecule has 2 fully saturated rings. The van der Waals surface area contributed by atoms with Crippen LogP contribution in [0.5, 0.6) is 0 Å². The van der Waals surface area contributed by atoms with Gasteiger partial charge in [0, 0.05) is 25.7 Å². The third-order valence-electron chi connectivity index (χ3n) is 4.99. The predicted molar refractivity (Wildman–Crippen MR) is 71.0 cm³/mol. The number of nitrogens with zero attached hydrogens (tertiary/aromatic N) is 1. The number of methoxy groups -OCH3 is 1. The zero-order valence-electron chi connectivity index (χ0n) is 11.6. The Balaban J connectivity index is 1.95. The SMILES string of the molecule is COC1CCCN(C2(CN)CC(C(C)C)C2)C1. The third-order valence-corrected chi connectivity index (χ3v) is 4.99. The molecule has 0 spiro atoms. The van der Waals surface area contributed by atoms with Gasteiger partial charge in [0.05, 0.1) is 6.10 Å². The molecule has 0 amide bonds. The first kappa shape index (κ1) is 13.3. The zero-order chi connectivity index (χ0) is 12.5. The maximum atomic E-state index is 6.07. The summed E-state index contributed by atoms with van der Waals surface area (Å²) in [5.41, 5.74) is 6.36. The second kappa shape index (κ2) is 5.25. The van der Waals surface area contributed by atoms with Crippen molar-refractivity contribution >= 4 is 0 Å². The molecule has 1 saturated heterocycles. The summed E-state index contributed by atoms with van der Waals surface area (Å²) in [5.74, 6) is 1.68. The van der Waals surface area contributed by atoms with Gasteiger partial charge in [-0.05, 0) is 44.1 Å². The minimum atomic E-state index is 0.298. The van der Waals surface area contributed by atoms with Crippen molar-refractivity contribution in [2.24, 2.45) is 17.6 Å². The fraction of sp³-hybridized carbons (Fsp3) is 1.00. The Morgan fingerprint density at radius 2 is 2.12 bits per heavy atom. The van der Waals surface area contributed by atoms with Crippen molar-refractivity contribution in [3.8, 4) is 0 Å². The van der Waals surface area contributed by atoms with Crippen LogP contribution in [0.15, 0.2) is 0 Å². The van der Waals surface area contributed by atoms with Crippen LogP contribution in [0.3, 0.4) is 0 Å². The molecular weight excluding hydrogens is 212 g/mol. The maximum Gasteiger partial charge on any atom is 0.0698 e. The largest absolute Gasteiger partial charge is 0.380 e. The average Bonchev–Trinajstić information content (AvgIpc) is 2.28. The summed E-state index contributed by atoms with van der Waals surface area (Å²) < 4.78 is 5.52. The van der Waals surface area contributed by atoms with Crippen molar-refractivity contribution in [3.05, 3.63) is 0 Å². The van der Waals surface area contributed by atoms with E-state index < -0.39 is 0 Å². The van der Waals surface area contributed by atoms with E-state index in [1.54, 1.807) is 0 Å². The molecule has 0 bridgehead atoms. The molecule has 1 heterocycles. The first-order chi connectivity index (χ1) is 8.11. The van der Waals surface area contributed by atoms with E-state index in [-0.39, 0.29) is 0 Å². The zero-order valence-corrected chi connectivity index (χ0v) is 11.6. The van der Waals surface area contributed by atoms with Crippen LogP contribution in [0.2, 0.25) is 0 Å². The lowest BCUT2D eigenvalue weighted by molar-refractivity contribution is -0.0785. The monoisotopic (exact) mass is 240 g/mol. The van der Waals surface area contributed by atoms with Crippen LogP contribution in [0.25, 0.3) is 0 Å². The van der Waals surface area contributed by atoms with Gasteiger partial charge < -0.3 is 10.5 Å². The molecule has 1 aliphatic heterocycles. The van der Waals surface area contributed by atoms with Crippen LogP contribution in [-0.4, -0.2) is 43.3 Å². The number of nitrogens with two attached hydrogens (primary N) is 1. The molecule has 3 heteroatoms. The summed E-state index contributed by atoms with van der Waals surface area (Å²) in [6.45, 7) is 7.77. The number of hydrogen-bond acceptors (Lipinski definition) is 3. The molecule has 0 radical (unpaired) electrons. The van der Waals surface area contributed by atoms with E-state index >= 15 is 0 Å². The standard InChI is InChI=1S/C14H28N2O/c1-11(2)12-7-14(8-12,10-15)16-6-4-5-13(9-16)17-3/h11-13H,4-10,15H2,1-3H3. The first-order valence-electron chi connectivity index (χ1n) is 7.09. The van der Waals surface area contributed by atoms with Gasteiger partial charge in [-0.3, -0.25) is 4.90 Å². The van der Waals surface area contributed by atoms with Crippen LogP contribution in [0.1, 0.15) is 39.5 Å². The van der Waals surface area contributed by atoms with Crippen molar-refractivity contribution in [2.75, 3.05) is 26.7 Å². The molecule has 2 rings (SSSR count). The highest BCUT2D eigenvalue weighted by Gasteiger charge is 2.49. The minimum absolute atomic E-state index is 0.298. The average molecular weight is 240 g/mol. The fourth-order valence-electron chi connectivity index (χ4n) is 3.50.